The van der Waals surface area contributed by atoms with E-state index >= 15 is 0 Å². The molecule has 0 unspecified atom stereocenters. The Morgan fingerprint density at radius 1 is 1.20 bits per heavy atom. The molecule has 2 aromatic rings. The fraction of sp³-hybridized carbons (Fsp3) is 0.333. The van der Waals surface area contributed by atoms with Crippen molar-refractivity contribution in [3.05, 3.63) is 41.2 Å². The van der Waals surface area contributed by atoms with E-state index in [0.717, 1.165) is 16.9 Å². The second-order valence-electron chi connectivity index (χ2n) is 4.48. The summed E-state index contributed by atoms with van der Waals surface area (Å²) in [7, 11) is 1.82. The average Bonchev–Trinajstić information content (AvgIpc) is 2.44. The van der Waals surface area contributed by atoms with E-state index in [0.29, 0.717) is 23.9 Å². The quantitative estimate of drug-likeness (QED) is 0.876. The van der Waals surface area contributed by atoms with Crippen molar-refractivity contribution in [1.82, 2.24) is 9.97 Å². The average molecular weight is 273 g/mol. The Morgan fingerprint density at radius 2 is 1.95 bits per heavy atom. The molecular formula is C15H19N3O2. The first-order chi connectivity index (χ1) is 9.65. The van der Waals surface area contributed by atoms with Crippen molar-refractivity contribution >= 4 is 5.82 Å². The SMILES string of the molecule is CNc1nc(C)nc(Oc2ccccc2CCO)c1C. The highest BCUT2D eigenvalue weighted by Gasteiger charge is 2.12. The Hall–Kier alpha value is -2.14. The second kappa shape index (κ2) is 6.34. The molecule has 0 aliphatic rings. The van der Waals surface area contributed by atoms with Crippen molar-refractivity contribution in [2.75, 3.05) is 19.0 Å². The van der Waals surface area contributed by atoms with E-state index < -0.39 is 0 Å². The molecule has 0 atom stereocenters. The molecule has 1 heterocycles. The summed E-state index contributed by atoms with van der Waals surface area (Å²) in [5, 5.41) is 12.1. The number of rotatable bonds is 5. The lowest BCUT2D eigenvalue weighted by molar-refractivity contribution is 0.297. The van der Waals surface area contributed by atoms with Gasteiger partial charge < -0.3 is 15.2 Å². The largest absolute Gasteiger partial charge is 0.438 e. The number of aliphatic hydroxyl groups is 1. The molecule has 1 aromatic carbocycles. The van der Waals surface area contributed by atoms with Crippen LogP contribution in [-0.4, -0.2) is 28.7 Å². The molecular weight excluding hydrogens is 254 g/mol. The first kappa shape index (κ1) is 14.3. The van der Waals surface area contributed by atoms with Crippen LogP contribution in [0.4, 0.5) is 5.82 Å². The first-order valence-corrected chi connectivity index (χ1v) is 6.55. The van der Waals surface area contributed by atoms with Gasteiger partial charge in [-0.05, 0) is 31.9 Å². The molecule has 0 bridgehead atoms. The summed E-state index contributed by atoms with van der Waals surface area (Å²) < 4.78 is 5.91. The number of nitrogens with one attached hydrogen (secondary N) is 1. The van der Waals surface area contributed by atoms with E-state index in [1.54, 1.807) is 0 Å². The van der Waals surface area contributed by atoms with Crippen LogP contribution in [0.3, 0.4) is 0 Å². The normalized spacial score (nSPS) is 10.4. The molecule has 0 saturated carbocycles. The van der Waals surface area contributed by atoms with Gasteiger partial charge in [0.15, 0.2) is 0 Å². The molecule has 0 aliphatic heterocycles. The molecule has 0 radical (unpaired) electrons. The maximum Gasteiger partial charge on any atom is 0.227 e. The summed E-state index contributed by atoms with van der Waals surface area (Å²) >= 11 is 0. The van der Waals surface area contributed by atoms with Gasteiger partial charge in [0.25, 0.3) is 0 Å². The Bertz CT molecular complexity index is 600. The fourth-order valence-electron chi connectivity index (χ4n) is 1.98. The Balaban J connectivity index is 2.37. The number of aryl methyl sites for hydroxylation is 1. The van der Waals surface area contributed by atoms with E-state index in [-0.39, 0.29) is 6.61 Å². The number of aromatic nitrogens is 2. The molecule has 0 aliphatic carbocycles. The van der Waals surface area contributed by atoms with E-state index in [1.165, 1.54) is 0 Å². The third kappa shape index (κ3) is 3.05. The molecule has 2 rings (SSSR count). The molecule has 106 valence electrons. The third-order valence-corrected chi connectivity index (χ3v) is 3.01. The van der Waals surface area contributed by atoms with Gasteiger partial charge in [0.1, 0.15) is 17.4 Å². The molecule has 0 spiro atoms. The van der Waals surface area contributed by atoms with Gasteiger partial charge in [-0.25, -0.2) is 4.98 Å². The maximum absolute atomic E-state index is 9.10. The van der Waals surface area contributed by atoms with Crippen LogP contribution in [0.1, 0.15) is 17.0 Å². The molecule has 0 fully saturated rings. The smallest absolute Gasteiger partial charge is 0.227 e. The van der Waals surface area contributed by atoms with Gasteiger partial charge in [0.05, 0.1) is 5.56 Å². The molecule has 5 nitrogen and oxygen atoms in total. The van der Waals surface area contributed by atoms with Crippen LogP contribution in [-0.2, 0) is 6.42 Å². The van der Waals surface area contributed by atoms with E-state index in [1.807, 2.05) is 45.2 Å². The summed E-state index contributed by atoms with van der Waals surface area (Å²) in [6.07, 6.45) is 0.554. The number of nitrogens with zero attached hydrogens (tertiary/aromatic N) is 2. The third-order valence-electron chi connectivity index (χ3n) is 3.01. The fourth-order valence-corrected chi connectivity index (χ4v) is 1.98. The molecule has 0 amide bonds. The minimum Gasteiger partial charge on any atom is -0.438 e. The van der Waals surface area contributed by atoms with Gasteiger partial charge in [-0.1, -0.05) is 18.2 Å². The number of hydrogen-bond donors (Lipinski definition) is 2. The van der Waals surface area contributed by atoms with Gasteiger partial charge in [0.2, 0.25) is 5.88 Å². The van der Waals surface area contributed by atoms with Crippen molar-refractivity contribution in [3.63, 3.8) is 0 Å². The van der Waals surface area contributed by atoms with Crippen LogP contribution < -0.4 is 10.1 Å². The minimum atomic E-state index is 0.0872. The zero-order valence-electron chi connectivity index (χ0n) is 12.0. The number of anilines is 1. The topological polar surface area (TPSA) is 67.3 Å². The summed E-state index contributed by atoms with van der Waals surface area (Å²) in [5.41, 5.74) is 1.81. The van der Waals surface area contributed by atoms with Crippen molar-refractivity contribution < 1.29 is 9.84 Å². The van der Waals surface area contributed by atoms with Crippen LogP contribution in [0.25, 0.3) is 0 Å². The van der Waals surface area contributed by atoms with Crippen LogP contribution in [0.5, 0.6) is 11.6 Å². The summed E-state index contributed by atoms with van der Waals surface area (Å²) in [4.78, 5) is 8.65. The minimum absolute atomic E-state index is 0.0872. The molecule has 20 heavy (non-hydrogen) atoms. The zero-order chi connectivity index (χ0) is 14.5. The predicted molar refractivity (Wildman–Crippen MR) is 78.4 cm³/mol. The van der Waals surface area contributed by atoms with E-state index in [9.17, 15) is 0 Å². The number of hydrogen-bond acceptors (Lipinski definition) is 5. The zero-order valence-corrected chi connectivity index (χ0v) is 12.0. The van der Waals surface area contributed by atoms with E-state index in [4.69, 9.17) is 9.84 Å². The van der Waals surface area contributed by atoms with Crippen LogP contribution in [0.15, 0.2) is 24.3 Å². The van der Waals surface area contributed by atoms with Crippen molar-refractivity contribution in [1.29, 1.82) is 0 Å². The number of aliphatic hydroxyl groups excluding tert-OH is 1. The molecule has 2 N–H and O–H groups in total. The predicted octanol–water partition coefficient (Wildman–Crippen LogP) is 2.46. The highest BCUT2D eigenvalue weighted by Crippen LogP contribution is 2.29. The number of benzene rings is 1. The number of ether oxygens (including phenoxy) is 1. The second-order valence-corrected chi connectivity index (χ2v) is 4.48. The monoisotopic (exact) mass is 273 g/mol. The molecule has 5 heteroatoms. The van der Waals surface area contributed by atoms with Crippen LogP contribution in [0, 0.1) is 13.8 Å². The lowest BCUT2D eigenvalue weighted by Crippen LogP contribution is -2.04. The van der Waals surface area contributed by atoms with Crippen molar-refractivity contribution in [3.8, 4) is 11.6 Å². The highest BCUT2D eigenvalue weighted by molar-refractivity contribution is 5.49. The Morgan fingerprint density at radius 3 is 2.65 bits per heavy atom. The van der Waals surface area contributed by atoms with Gasteiger partial charge >= 0.3 is 0 Å². The highest BCUT2D eigenvalue weighted by atomic mass is 16.5. The van der Waals surface area contributed by atoms with Crippen molar-refractivity contribution in [2.45, 2.75) is 20.3 Å². The van der Waals surface area contributed by atoms with Crippen molar-refractivity contribution in [2.24, 2.45) is 0 Å². The lowest BCUT2D eigenvalue weighted by Gasteiger charge is -2.13. The lowest BCUT2D eigenvalue weighted by atomic mass is 10.1. The van der Waals surface area contributed by atoms with Crippen LogP contribution >= 0.6 is 0 Å². The van der Waals surface area contributed by atoms with E-state index in [2.05, 4.69) is 15.3 Å². The van der Waals surface area contributed by atoms with Gasteiger partial charge in [0, 0.05) is 13.7 Å². The van der Waals surface area contributed by atoms with Gasteiger partial charge in [-0.2, -0.15) is 4.98 Å². The first-order valence-electron chi connectivity index (χ1n) is 6.55. The van der Waals surface area contributed by atoms with Gasteiger partial charge in [-0.15, -0.1) is 0 Å². The molecule has 0 saturated heterocycles. The summed E-state index contributed by atoms with van der Waals surface area (Å²) in [6.45, 7) is 3.83. The van der Waals surface area contributed by atoms with Crippen LogP contribution in [0.2, 0.25) is 0 Å². The Labute approximate surface area is 118 Å². The Kier molecular flexibility index (Phi) is 4.53. The summed E-state index contributed by atoms with van der Waals surface area (Å²) in [6, 6.07) is 7.64. The molecule has 1 aromatic heterocycles. The summed E-state index contributed by atoms with van der Waals surface area (Å²) in [5.74, 6) is 2.65. The van der Waals surface area contributed by atoms with Gasteiger partial charge in [-0.3, -0.25) is 0 Å². The standard InChI is InChI=1S/C15H19N3O2/c1-10-14(16-3)17-11(2)18-15(10)20-13-7-5-4-6-12(13)8-9-19/h4-7,19H,8-9H2,1-3H3,(H,16,17,18). The maximum atomic E-state index is 9.10. The number of para-hydroxylation sites is 1.